The van der Waals surface area contributed by atoms with E-state index in [9.17, 15) is 14.4 Å². The number of anilines is 1. The summed E-state index contributed by atoms with van der Waals surface area (Å²) in [5.74, 6) is 0.161. The lowest BCUT2D eigenvalue weighted by molar-refractivity contribution is -0.134. The average molecular weight is 430 g/mol. The fraction of sp³-hybridized carbons (Fsp3) is 0.636. The van der Waals surface area contributed by atoms with E-state index in [-0.39, 0.29) is 23.8 Å². The second kappa shape index (κ2) is 8.45. The lowest BCUT2D eigenvalue weighted by atomic mass is 9.91. The monoisotopic (exact) mass is 429 g/mol. The molecule has 3 fully saturated rings. The van der Waals surface area contributed by atoms with Gasteiger partial charge in [-0.25, -0.2) is 9.78 Å². The van der Waals surface area contributed by atoms with Crippen molar-refractivity contribution in [2.75, 3.05) is 44.2 Å². The number of imide groups is 1. The quantitative estimate of drug-likeness (QED) is 0.725. The van der Waals surface area contributed by atoms with Crippen LogP contribution >= 0.6 is 0 Å². The van der Waals surface area contributed by atoms with Gasteiger partial charge in [0.25, 0.3) is 0 Å². The molecule has 1 aromatic rings. The van der Waals surface area contributed by atoms with Crippen LogP contribution in [0.2, 0.25) is 0 Å². The van der Waals surface area contributed by atoms with Crippen LogP contribution in [0, 0.1) is 0 Å². The predicted octanol–water partition coefficient (Wildman–Crippen LogP) is 1.34. The van der Waals surface area contributed by atoms with Gasteiger partial charge in [0, 0.05) is 57.9 Å². The Morgan fingerprint density at radius 2 is 1.84 bits per heavy atom. The zero-order valence-electron chi connectivity index (χ0n) is 18.5. The van der Waals surface area contributed by atoms with Gasteiger partial charge in [-0.15, -0.1) is 0 Å². The van der Waals surface area contributed by atoms with Crippen molar-refractivity contribution in [2.45, 2.75) is 51.2 Å². The van der Waals surface area contributed by atoms with E-state index in [0.29, 0.717) is 32.0 Å². The van der Waals surface area contributed by atoms with E-state index in [2.05, 4.69) is 20.1 Å². The minimum atomic E-state index is -0.469. The van der Waals surface area contributed by atoms with Gasteiger partial charge in [-0.1, -0.05) is 6.07 Å². The Bertz CT molecular complexity index is 836. The Morgan fingerprint density at radius 1 is 1.13 bits per heavy atom. The zero-order chi connectivity index (χ0) is 22.2. The number of hydrogen-bond acceptors (Lipinski definition) is 7. The fourth-order valence-corrected chi connectivity index (χ4v) is 4.27. The van der Waals surface area contributed by atoms with Crippen molar-refractivity contribution in [1.29, 1.82) is 0 Å². The van der Waals surface area contributed by atoms with Crippen LogP contribution in [0.15, 0.2) is 18.3 Å². The largest absolute Gasteiger partial charge is 0.444 e. The van der Waals surface area contributed by atoms with Crippen LogP contribution in [-0.2, 0) is 14.3 Å². The normalized spacial score (nSPS) is 23.4. The van der Waals surface area contributed by atoms with Crippen molar-refractivity contribution in [3.05, 3.63) is 23.9 Å². The number of nitrogens with one attached hydrogen (secondary N) is 1. The number of hydrogen-bond donors (Lipinski definition) is 1. The highest BCUT2D eigenvalue weighted by molar-refractivity contribution is 6.00. The Hall–Kier alpha value is -2.68. The summed E-state index contributed by atoms with van der Waals surface area (Å²) >= 11 is 0. The Labute approximate surface area is 182 Å². The highest BCUT2D eigenvalue weighted by Crippen LogP contribution is 2.27. The number of ether oxygens (including phenoxy) is 1. The summed E-state index contributed by atoms with van der Waals surface area (Å²) < 4.78 is 5.46. The van der Waals surface area contributed by atoms with E-state index in [4.69, 9.17) is 4.74 Å². The van der Waals surface area contributed by atoms with Crippen molar-refractivity contribution >= 4 is 23.7 Å². The van der Waals surface area contributed by atoms with Crippen LogP contribution in [0.3, 0.4) is 0 Å². The SMILES string of the molecule is CC(C)(C)OC(=O)N1CCN(C2CN(c3ccc(C4CCC(=O)NC4=O)cn3)C2)CC1. The standard InChI is InChI=1S/C22H31N5O4/c1-22(2,3)31-21(30)26-10-8-25(9-11-26)16-13-27(14-16)18-6-4-15(12-23-18)17-5-7-19(28)24-20(17)29/h4,6,12,16-17H,5,7-11,13-14H2,1-3H3,(H,24,28,29). The molecule has 0 spiro atoms. The van der Waals surface area contributed by atoms with E-state index in [0.717, 1.165) is 37.6 Å². The van der Waals surface area contributed by atoms with E-state index in [1.165, 1.54) is 0 Å². The van der Waals surface area contributed by atoms with Crippen LogP contribution in [0.1, 0.15) is 45.1 Å². The van der Waals surface area contributed by atoms with Crippen molar-refractivity contribution in [2.24, 2.45) is 0 Å². The first-order valence-corrected chi connectivity index (χ1v) is 11.0. The van der Waals surface area contributed by atoms with E-state index in [1.807, 2.05) is 32.9 Å². The molecule has 4 heterocycles. The van der Waals surface area contributed by atoms with Crippen molar-refractivity contribution in [1.82, 2.24) is 20.1 Å². The average Bonchev–Trinajstić information content (AvgIpc) is 2.67. The van der Waals surface area contributed by atoms with Gasteiger partial charge in [0.15, 0.2) is 0 Å². The molecule has 3 amide bonds. The predicted molar refractivity (Wildman–Crippen MR) is 115 cm³/mol. The highest BCUT2D eigenvalue weighted by Gasteiger charge is 2.36. The first-order chi connectivity index (χ1) is 14.7. The number of aromatic nitrogens is 1. The number of amides is 3. The smallest absolute Gasteiger partial charge is 0.410 e. The molecule has 4 rings (SSSR count). The van der Waals surface area contributed by atoms with Gasteiger partial charge in [-0.05, 0) is 38.8 Å². The molecule has 0 aromatic carbocycles. The summed E-state index contributed by atoms with van der Waals surface area (Å²) in [6.45, 7) is 10.5. The molecule has 9 heteroatoms. The molecule has 3 aliphatic heterocycles. The van der Waals surface area contributed by atoms with E-state index >= 15 is 0 Å². The zero-order valence-corrected chi connectivity index (χ0v) is 18.5. The molecule has 0 saturated carbocycles. The number of carbonyl (C=O) groups is 3. The minimum absolute atomic E-state index is 0.204. The van der Waals surface area contributed by atoms with Crippen molar-refractivity contribution < 1.29 is 19.1 Å². The molecule has 31 heavy (non-hydrogen) atoms. The number of nitrogens with zero attached hydrogens (tertiary/aromatic N) is 4. The molecule has 1 N–H and O–H groups in total. The summed E-state index contributed by atoms with van der Waals surface area (Å²) in [6.07, 6.45) is 2.42. The van der Waals surface area contributed by atoms with E-state index in [1.54, 1.807) is 11.1 Å². The maximum atomic E-state index is 12.2. The molecule has 3 saturated heterocycles. The molecular formula is C22H31N5O4. The molecule has 0 radical (unpaired) electrons. The first kappa shape index (κ1) is 21.5. The molecule has 0 aliphatic carbocycles. The third kappa shape index (κ3) is 4.98. The molecule has 1 aromatic heterocycles. The first-order valence-electron chi connectivity index (χ1n) is 11.0. The molecule has 1 unspecified atom stereocenters. The fourth-order valence-electron chi connectivity index (χ4n) is 4.27. The van der Waals surface area contributed by atoms with Gasteiger partial charge in [0.05, 0.1) is 5.92 Å². The number of rotatable bonds is 3. The lowest BCUT2D eigenvalue weighted by Crippen LogP contribution is -2.63. The van der Waals surface area contributed by atoms with Gasteiger partial charge in [0.1, 0.15) is 11.4 Å². The van der Waals surface area contributed by atoms with Gasteiger partial charge in [0.2, 0.25) is 11.8 Å². The van der Waals surface area contributed by atoms with Crippen LogP contribution < -0.4 is 10.2 Å². The minimum Gasteiger partial charge on any atom is -0.444 e. The number of pyridine rings is 1. The number of piperazine rings is 1. The van der Waals surface area contributed by atoms with Crippen molar-refractivity contribution in [3.63, 3.8) is 0 Å². The van der Waals surface area contributed by atoms with Crippen LogP contribution in [0.4, 0.5) is 10.6 Å². The van der Waals surface area contributed by atoms with Crippen LogP contribution in [-0.4, -0.2) is 83.6 Å². The third-order valence-corrected chi connectivity index (χ3v) is 6.08. The maximum absolute atomic E-state index is 12.2. The molecule has 9 nitrogen and oxygen atoms in total. The summed E-state index contributed by atoms with van der Waals surface area (Å²) in [7, 11) is 0. The van der Waals surface area contributed by atoms with Gasteiger partial charge in [-0.3, -0.25) is 19.8 Å². The maximum Gasteiger partial charge on any atom is 0.410 e. The van der Waals surface area contributed by atoms with Gasteiger partial charge in [-0.2, -0.15) is 0 Å². The number of piperidine rings is 1. The van der Waals surface area contributed by atoms with Gasteiger partial charge >= 0.3 is 6.09 Å². The topological polar surface area (TPSA) is 95.1 Å². The molecule has 168 valence electrons. The summed E-state index contributed by atoms with van der Waals surface area (Å²) in [6, 6.07) is 4.35. The Balaban J connectivity index is 1.24. The van der Waals surface area contributed by atoms with Crippen LogP contribution in [0.25, 0.3) is 0 Å². The second-order valence-corrected chi connectivity index (χ2v) is 9.52. The number of carbonyl (C=O) groups excluding carboxylic acids is 3. The molecule has 3 aliphatic rings. The van der Waals surface area contributed by atoms with E-state index < -0.39 is 5.60 Å². The van der Waals surface area contributed by atoms with Gasteiger partial charge < -0.3 is 14.5 Å². The highest BCUT2D eigenvalue weighted by atomic mass is 16.6. The van der Waals surface area contributed by atoms with Crippen molar-refractivity contribution in [3.8, 4) is 0 Å². The third-order valence-electron chi connectivity index (χ3n) is 6.08. The summed E-state index contributed by atoms with van der Waals surface area (Å²) in [4.78, 5) is 46.6. The summed E-state index contributed by atoms with van der Waals surface area (Å²) in [5.41, 5.74) is 0.382. The Kier molecular flexibility index (Phi) is 5.88. The van der Waals surface area contributed by atoms with Crippen LogP contribution in [0.5, 0.6) is 0 Å². The second-order valence-electron chi connectivity index (χ2n) is 9.52. The summed E-state index contributed by atoms with van der Waals surface area (Å²) in [5, 5.41) is 2.40. The molecule has 1 atom stereocenters. The Morgan fingerprint density at radius 3 is 2.42 bits per heavy atom. The molecular weight excluding hydrogens is 398 g/mol. The lowest BCUT2D eigenvalue weighted by Gasteiger charge is -2.48. The molecule has 0 bridgehead atoms.